The summed E-state index contributed by atoms with van der Waals surface area (Å²) in [5.41, 5.74) is 4.17. The predicted molar refractivity (Wildman–Crippen MR) is 103 cm³/mol. The van der Waals surface area contributed by atoms with Crippen LogP contribution in [0.3, 0.4) is 0 Å². The van der Waals surface area contributed by atoms with Gasteiger partial charge < -0.3 is 10.1 Å². The SMILES string of the molecule is C=CCOc1ccc(/C=N\NC(=O)C(=O)Nc2cc(Cl)ccc2C)cc1. The minimum atomic E-state index is -0.883. The van der Waals surface area contributed by atoms with E-state index >= 15 is 0 Å². The Morgan fingerprint density at radius 2 is 1.92 bits per heavy atom. The molecule has 2 rings (SSSR count). The Morgan fingerprint density at radius 3 is 2.62 bits per heavy atom. The molecule has 0 radical (unpaired) electrons. The summed E-state index contributed by atoms with van der Waals surface area (Å²) in [5, 5.41) is 6.72. The lowest BCUT2D eigenvalue weighted by Gasteiger charge is -2.07. The van der Waals surface area contributed by atoms with Crippen LogP contribution in [-0.2, 0) is 9.59 Å². The molecule has 0 aliphatic heterocycles. The first-order valence-corrected chi connectivity index (χ1v) is 8.11. The average Bonchev–Trinajstić information content (AvgIpc) is 2.64. The summed E-state index contributed by atoms with van der Waals surface area (Å²) in [6.07, 6.45) is 3.08. The number of nitrogens with one attached hydrogen (secondary N) is 2. The summed E-state index contributed by atoms with van der Waals surface area (Å²) in [6.45, 7) is 5.79. The number of halogens is 1. The van der Waals surface area contributed by atoms with Gasteiger partial charge in [-0.25, -0.2) is 5.43 Å². The molecule has 0 fully saturated rings. The van der Waals surface area contributed by atoms with Crippen LogP contribution < -0.4 is 15.5 Å². The summed E-state index contributed by atoms with van der Waals surface area (Å²) in [5.74, 6) is -1.02. The second-order valence-corrected chi connectivity index (χ2v) is 5.72. The van der Waals surface area contributed by atoms with Gasteiger partial charge in [0.2, 0.25) is 0 Å². The summed E-state index contributed by atoms with van der Waals surface area (Å²) < 4.78 is 5.36. The molecule has 0 aromatic heterocycles. The molecule has 0 heterocycles. The van der Waals surface area contributed by atoms with E-state index in [2.05, 4.69) is 22.4 Å². The lowest BCUT2D eigenvalue weighted by molar-refractivity contribution is -0.136. The van der Waals surface area contributed by atoms with Gasteiger partial charge >= 0.3 is 11.8 Å². The number of benzene rings is 2. The van der Waals surface area contributed by atoms with Gasteiger partial charge in [0.05, 0.1) is 6.21 Å². The Kier molecular flexibility index (Phi) is 6.93. The summed E-state index contributed by atoms with van der Waals surface area (Å²) >= 11 is 5.88. The summed E-state index contributed by atoms with van der Waals surface area (Å²) in [7, 11) is 0. The van der Waals surface area contributed by atoms with Gasteiger partial charge in [-0.15, -0.1) is 0 Å². The molecule has 0 unspecified atom stereocenters. The highest BCUT2D eigenvalue weighted by molar-refractivity contribution is 6.40. The number of amides is 2. The van der Waals surface area contributed by atoms with Crippen LogP contribution in [0.15, 0.2) is 60.2 Å². The molecule has 0 bridgehead atoms. The smallest absolute Gasteiger partial charge is 0.329 e. The largest absolute Gasteiger partial charge is 0.490 e. The second kappa shape index (κ2) is 9.39. The Labute approximate surface area is 156 Å². The monoisotopic (exact) mass is 371 g/mol. The highest BCUT2D eigenvalue weighted by Crippen LogP contribution is 2.19. The van der Waals surface area contributed by atoms with Crippen molar-refractivity contribution in [3.8, 4) is 5.75 Å². The van der Waals surface area contributed by atoms with Crippen molar-refractivity contribution in [1.82, 2.24) is 5.43 Å². The Bertz CT molecular complexity index is 832. The predicted octanol–water partition coefficient (Wildman–Crippen LogP) is 3.30. The van der Waals surface area contributed by atoms with Crippen LogP contribution >= 0.6 is 11.6 Å². The van der Waals surface area contributed by atoms with Crippen LogP contribution in [-0.4, -0.2) is 24.6 Å². The Balaban J connectivity index is 1.88. The Hall–Kier alpha value is -3.12. The summed E-state index contributed by atoms with van der Waals surface area (Å²) in [4.78, 5) is 23.7. The first-order chi connectivity index (χ1) is 12.5. The van der Waals surface area contributed by atoms with Crippen molar-refractivity contribution in [2.75, 3.05) is 11.9 Å². The lowest BCUT2D eigenvalue weighted by atomic mass is 10.2. The number of anilines is 1. The second-order valence-electron chi connectivity index (χ2n) is 5.28. The van der Waals surface area contributed by atoms with Gasteiger partial charge in [0.25, 0.3) is 0 Å². The van der Waals surface area contributed by atoms with Gasteiger partial charge in [0.1, 0.15) is 12.4 Å². The van der Waals surface area contributed by atoms with E-state index in [4.69, 9.17) is 16.3 Å². The fourth-order valence-corrected chi connectivity index (χ4v) is 2.10. The third-order valence-electron chi connectivity index (χ3n) is 3.28. The van der Waals surface area contributed by atoms with Gasteiger partial charge in [-0.3, -0.25) is 9.59 Å². The average molecular weight is 372 g/mol. The maximum Gasteiger partial charge on any atom is 0.329 e. The zero-order valence-corrected chi connectivity index (χ0v) is 14.9. The molecule has 7 heteroatoms. The van der Waals surface area contributed by atoms with E-state index in [1.165, 1.54) is 6.21 Å². The molecule has 0 atom stereocenters. The van der Waals surface area contributed by atoms with Crippen molar-refractivity contribution < 1.29 is 14.3 Å². The van der Waals surface area contributed by atoms with Crippen molar-refractivity contribution in [2.45, 2.75) is 6.92 Å². The number of carbonyl (C=O) groups is 2. The molecule has 26 heavy (non-hydrogen) atoms. The normalized spacial score (nSPS) is 10.4. The molecule has 6 nitrogen and oxygen atoms in total. The maximum atomic E-state index is 11.9. The molecule has 0 saturated carbocycles. The minimum Gasteiger partial charge on any atom is -0.490 e. The van der Waals surface area contributed by atoms with E-state index in [1.807, 2.05) is 0 Å². The van der Waals surface area contributed by atoms with Crippen molar-refractivity contribution >= 4 is 35.3 Å². The van der Waals surface area contributed by atoms with E-state index in [1.54, 1.807) is 55.5 Å². The van der Waals surface area contributed by atoms with E-state index < -0.39 is 11.8 Å². The number of hydrazone groups is 1. The molecular formula is C19H18ClN3O3. The van der Waals surface area contributed by atoms with Gasteiger partial charge in [-0.2, -0.15) is 5.10 Å². The molecule has 0 aliphatic rings. The number of rotatable bonds is 6. The van der Waals surface area contributed by atoms with Gasteiger partial charge in [-0.1, -0.05) is 30.3 Å². The molecule has 0 aliphatic carbocycles. The van der Waals surface area contributed by atoms with Crippen LogP contribution in [0.4, 0.5) is 5.69 Å². The number of hydrogen-bond acceptors (Lipinski definition) is 4. The Morgan fingerprint density at radius 1 is 1.19 bits per heavy atom. The van der Waals surface area contributed by atoms with Gasteiger partial charge in [0, 0.05) is 10.7 Å². The van der Waals surface area contributed by atoms with Crippen LogP contribution in [0.2, 0.25) is 5.02 Å². The van der Waals surface area contributed by atoms with Crippen LogP contribution in [0.25, 0.3) is 0 Å². The molecule has 2 N–H and O–H groups in total. The highest BCUT2D eigenvalue weighted by atomic mass is 35.5. The van der Waals surface area contributed by atoms with Crippen molar-refractivity contribution in [3.63, 3.8) is 0 Å². The van der Waals surface area contributed by atoms with Crippen molar-refractivity contribution in [3.05, 3.63) is 71.3 Å². The van der Waals surface area contributed by atoms with E-state index in [-0.39, 0.29) is 0 Å². The van der Waals surface area contributed by atoms with E-state index in [0.717, 1.165) is 11.1 Å². The van der Waals surface area contributed by atoms with Crippen LogP contribution in [0, 0.1) is 6.92 Å². The number of ether oxygens (including phenoxy) is 1. The fraction of sp³-hybridized carbons (Fsp3) is 0.105. The lowest BCUT2D eigenvalue weighted by Crippen LogP contribution is -2.32. The zero-order chi connectivity index (χ0) is 18.9. The first kappa shape index (κ1) is 19.2. The molecule has 2 amide bonds. The number of hydrogen-bond donors (Lipinski definition) is 2. The molecule has 134 valence electrons. The van der Waals surface area contributed by atoms with E-state index in [9.17, 15) is 9.59 Å². The first-order valence-electron chi connectivity index (χ1n) is 7.74. The van der Waals surface area contributed by atoms with E-state index in [0.29, 0.717) is 23.1 Å². The van der Waals surface area contributed by atoms with Crippen molar-refractivity contribution in [1.29, 1.82) is 0 Å². The standard InChI is InChI=1S/C19H18ClN3O3/c1-3-10-26-16-8-5-14(6-9-16)12-21-23-19(25)18(24)22-17-11-15(20)7-4-13(17)2/h3-9,11-12H,1,10H2,2H3,(H,22,24)(H,23,25)/b21-12-. The number of nitrogens with zero attached hydrogens (tertiary/aromatic N) is 1. The topological polar surface area (TPSA) is 79.8 Å². The third-order valence-corrected chi connectivity index (χ3v) is 3.52. The highest BCUT2D eigenvalue weighted by Gasteiger charge is 2.14. The fourth-order valence-electron chi connectivity index (χ4n) is 1.93. The molecule has 2 aromatic carbocycles. The molecule has 0 spiro atoms. The van der Waals surface area contributed by atoms with Crippen molar-refractivity contribution in [2.24, 2.45) is 5.10 Å². The zero-order valence-electron chi connectivity index (χ0n) is 14.2. The quantitative estimate of drug-likeness (QED) is 0.354. The minimum absolute atomic E-state index is 0.421. The van der Waals surface area contributed by atoms with Crippen LogP contribution in [0.1, 0.15) is 11.1 Å². The molecular weight excluding hydrogens is 354 g/mol. The van der Waals surface area contributed by atoms with Gasteiger partial charge in [0.15, 0.2) is 0 Å². The van der Waals surface area contributed by atoms with Gasteiger partial charge in [-0.05, 0) is 54.4 Å². The van der Waals surface area contributed by atoms with Crippen LogP contribution in [0.5, 0.6) is 5.75 Å². The molecule has 2 aromatic rings. The summed E-state index contributed by atoms with van der Waals surface area (Å²) in [6, 6.07) is 12.1. The number of carbonyl (C=O) groups excluding carboxylic acids is 2. The maximum absolute atomic E-state index is 11.9. The molecule has 0 saturated heterocycles. The third kappa shape index (κ3) is 5.75. The number of aryl methyl sites for hydroxylation is 1.